The zero-order valence-corrected chi connectivity index (χ0v) is 33.2. The molecule has 48 heavy (non-hydrogen) atoms. The summed E-state index contributed by atoms with van der Waals surface area (Å²) in [4.78, 5) is 0. The number of hydrogen-bond donors (Lipinski definition) is 0. The minimum atomic E-state index is -0.230. The van der Waals surface area contributed by atoms with Crippen LogP contribution in [0.25, 0.3) is 0 Å². The van der Waals surface area contributed by atoms with E-state index in [9.17, 15) is 0 Å². The molecule has 0 aliphatic rings. The van der Waals surface area contributed by atoms with E-state index in [4.69, 9.17) is 18.9 Å². The Morgan fingerprint density at radius 1 is 0.417 bits per heavy atom. The van der Waals surface area contributed by atoms with Crippen LogP contribution < -0.4 is 9.47 Å². The molecule has 1 aromatic rings. The topological polar surface area (TPSA) is 36.9 Å². The molecule has 2 unspecified atom stereocenters. The molecule has 282 valence electrons. The fourth-order valence-electron chi connectivity index (χ4n) is 7.05. The van der Waals surface area contributed by atoms with Crippen LogP contribution >= 0.6 is 0 Å². The Balaban J connectivity index is 2.49. The molecule has 1 aromatic carbocycles. The van der Waals surface area contributed by atoms with Gasteiger partial charge < -0.3 is 18.9 Å². The van der Waals surface area contributed by atoms with E-state index in [0.29, 0.717) is 26.4 Å². The summed E-state index contributed by atoms with van der Waals surface area (Å²) in [5, 5.41) is 0. The van der Waals surface area contributed by atoms with Crippen LogP contribution in [-0.4, -0.2) is 37.6 Å². The molecule has 0 fully saturated rings. The summed E-state index contributed by atoms with van der Waals surface area (Å²) in [6.45, 7) is 15.9. The Kier molecular flexibility index (Phi) is 28.5. The maximum Gasteiger partial charge on any atom is 0.123 e. The van der Waals surface area contributed by atoms with Crippen molar-refractivity contribution in [2.45, 2.75) is 220 Å². The highest BCUT2D eigenvalue weighted by Crippen LogP contribution is 2.30. The van der Waals surface area contributed by atoms with Gasteiger partial charge >= 0.3 is 0 Å². The van der Waals surface area contributed by atoms with Gasteiger partial charge in [0.25, 0.3) is 0 Å². The molecular formula is C44H82O4. The average molecular weight is 675 g/mol. The first-order chi connectivity index (χ1) is 23.5. The van der Waals surface area contributed by atoms with Crippen molar-refractivity contribution in [2.24, 2.45) is 0 Å². The molecule has 0 saturated heterocycles. The second kappa shape index (κ2) is 30.6. The lowest BCUT2D eigenvalue weighted by molar-refractivity contribution is -0.0785. The van der Waals surface area contributed by atoms with E-state index in [1.54, 1.807) is 0 Å². The van der Waals surface area contributed by atoms with Gasteiger partial charge in [0.1, 0.15) is 35.9 Å². The predicted molar refractivity (Wildman–Crippen MR) is 209 cm³/mol. The molecule has 4 heteroatoms. The van der Waals surface area contributed by atoms with Gasteiger partial charge in [0.15, 0.2) is 0 Å². The summed E-state index contributed by atoms with van der Waals surface area (Å²) in [5.74, 6) is 1.71. The fraction of sp³-hybridized carbons (Fsp3) is 0.864. The molecular weight excluding hydrogens is 592 g/mol. The van der Waals surface area contributed by atoms with Gasteiger partial charge in [-0.3, -0.25) is 0 Å². The molecule has 0 N–H and O–H groups in total. The van der Waals surface area contributed by atoms with Crippen LogP contribution in [0.3, 0.4) is 0 Å². The van der Waals surface area contributed by atoms with E-state index < -0.39 is 0 Å². The second-order valence-corrected chi connectivity index (χ2v) is 14.6. The molecule has 0 aromatic heterocycles. The minimum absolute atomic E-state index is 0.230. The van der Waals surface area contributed by atoms with Crippen LogP contribution in [0.1, 0.15) is 208 Å². The molecule has 1 rings (SSSR count). The van der Waals surface area contributed by atoms with Crippen molar-refractivity contribution in [3.05, 3.63) is 24.3 Å². The van der Waals surface area contributed by atoms with Gasteiger partial charge in [-0.25, -0.2) is 0 Å². The Labute approximate surface area is 300 Å². The summed E-state index contributed by atoms with van der Waals surface area (Å²) in [6, 6.07) is 8.18. The lowest BCUT2D eigenvalue weighted by Crippen LogP contribution is -2.39. The van der Waals surface area contributed by atoms with Crippen LogP contribution in [0.5, 0.6) is 11.5 Å². The number of hydrogen-bond acceptors (Lipinski definition) is 4. The van der Waals surface area contributed by atoms with E-state index in [-0.39, 0.29) is 11.2 Å². The molecule has 0 amide bonds. The average Bonchev–Trinajstić information content (AvgIpc) is 3.11. The normalized spacial score (nSPS) is 14.1. The second-order valence-electron chi connectivity index (χ2n) is 14.6. The van der Waals surface area contributed by atoms with Crippen molar-refractivity contribution >= 4 is 0 Å². The standard InChI is InChI=1S/C44H82O4/c1-7-13-15-17-19-21-23-25-27-29-31-36-43(9-3,47-11-5)39-45-41-34-33-35-42(38-41)46-40-44(10-4,48-12-6)37-32-30-28-26-24-22-20-18-16-14-8-2/h33-35,38H,7-32,36-37,39-40H2,1-6H3. The smallest absolute Gasteiger partial charge is 0.123 e. The monoisotopic (exact) mass is 675 g/mol. The fourth-order valence-corrected chi connectivity index (χ4v) is 7.05. The van der Waals surface area contributed by atoms with Crippen LogP contribution in [-0.2, 0) is 9.47 Å². The van der Waals surface area contributed by atoms with Gasteiger partial charge in [-0.2, -0.15) is 0 Å². The van der Waals surface area contributed by atoms with Crippen molar-refractivity contribution in [2.75, 3.05) is 26.4 Å². The van der Waals surface area contributed by atoms with Crippen molar-refractivity contribution in [1.29, 1.82) is 0 Å². The van der Waals surface area contributed by atoms with Gasteiger partial charge in [0, 0.05) is 19.3 Å². The van der Waals surface area contributed by atoms with E-state index in [1.807, 2.05) is 24.3 Å². The number of benzene rings is 1. The Hall–Kier alpha value is -1.26. The Bertz CT molecular complexity index is 765. The molecule has 0 aliphatic heterocycles. The summed E-state index contributed by atoms with van der Waals surface area (Å²) in [6.07, 6.45) is 34.0. The third-order valence-corrected chi connectivity index (χ3v) is 10.5. The first kappa shape index (κ1) is 44.8. The van der Waals surface area contributed by atoms with E-state index in [0.717, 1.165) is 37.2 Å². The van der Waals surface area contributed by atoms with Crippen LogP contribution in [0.2, 0.25) is 0 Å². The van der Waals surface area contributed by atoms with Crippen LogP contribution in [0.4, 0.5) is 0 Å². The third-order valence-electron chi connectivity index (χ3n) is 10.5. The highest BCUT2D eigenvalue weighted by molar-refractivity contribution is 5.33. The maximum absolute atomic E-state index is 6.42. The summed E-state index contributed by atoms with van der Waals surface area (Å²) >= 11 is 0. The van der Waals surface area contributed by atoms with Gasteiger partial charge in [0.2, 0.25) is 0 Å². The molecule has 0 heterocycles. The first-order valence-electron chi connectivity index (χ1n) is 21.2. The lowest BCUT2D eigenvalue weighted by Gasteiger charge is -2.33. The molecule has 0 spiro atoms. The highest BCUT2D eigenvalue weighted by atomic mass is 16.6. The number of unbranched alkanes of at least 4 members (excludes halogenated alkanes) is 20. The first-order valence-corrected chi connectivity index (χ1v) is 21.2. The summed E-state index contributed by atoms with van der Waals surface area (Å²) in [7, 11) is 0. The van der Waals surface area contributed by atoms with Crippen molar-refractivity contribution < 1.29 is 18.9 Å². The molecule has 4 nitrogen and oxygen atoms in total. The molecule has 0 bridgehead atoms. The van der Waals surface area contributed by atoms with Gasteiger partial charge in [-0.05, 0) is 51.7 Å². The van der Waals surface area contributed by atoms with Crippen LogP contribution in [0, 0.1) is 0 Å². The number of ether oxygens (including phenoxy) is 4. The van der Waals surface area contributed by atoms with Crippen LogP contribution in [0.15, 0.2) is 24.3 Å². The summed E-state index contributed by atoms with van der Waals surface area (Å²) < 4.78 is 25.6. The maximum atomic E-state index is 6.42. The van der Waals surface area contributed by atoms with Crippen molar-refractivity contribution in [3.8, 4) is 11.5 Å². The molecule has 0 saturated carbocycles. The molecule has 0 aliphatic carbocycles. The zero-order valence-electron chi connectivity index (χ0n) is 33.2. The van der Waals surface area contributed by atoms with Crippen molar-refractivity contribution in [3.63, 3.8) is 0 Å². The predicted octanol–water partition coefficient (Wildman–Crippen LogP) is 14.2. The van der Waals surface area contributed by atoms with E-state index >= 15 is 0 Å². The summed E-state index contributed by atoms with van der Waals surface area (Å²) in [5.41, 5.74) is -0.461. The van der Waals surface area contributed by atoms with Gasteiger partial charge in [-0.15, -0.1) is 0 Å². The Morgan fingerprint density at radius 2 is 0.729 bits per heavy atom. The lowest BCUT2D eigenvalue weighted by atomic mass is 9.93. The van der Waals surface area contributed by atoms with Crippen molar-refractivity contribution in [1.82, 2.24) is 0 Å². The molecule has 0 radical (unpaired) electrons. The zero-order chi connectivity index (χ0) is 35.0. The number of rotatable bonds is 36. The quantitative estimate of drug-likeness (QED) is 0.0664. The van der Waals surface area contributed by atoms with E-state index in [1.165, 1.54) is 141 Å². The van der Waals surface area contributed by atoms with Gasteiger partial charge in [-0.1, -0.05) is 175 Å². The highest BCUT2D eigenvalue weighted by Gasteiger charge is 2.31. The van der Waals surface area contributed by atoms with E-state index in [2.05, 4.69) is 41.5 Å². The minimum Gasteiger partial charge on any atom is -0.490 e. The SMILES string of the molecule is CCCCCCCCCCCCCC(CC)(COc1cccc(OCC(CC)(CCCCCCCCCCCCC)OCC)c1)OCC. The van der Waals surface area contributed by atoms with Gasteiger partial charge in [0.05, 0.1) is 0 Å². The third kappa shape index (κ3) is 21.7. The Morgan fingerprint density at radius 3 is 1.02 bits per heavy atom. The largest absolute Gasteiger partial charge is 0.490 e. The molecule has 2 atom stereocenters.